The van der Waals surface area contributed by atoms with Gasteiger partial charge in [0.1, 0.15) is 0 Å². The second-order valence-electron chi connectivity index (χ2n) is 10.8. The Morgan fingerprint density at radius 1 is 0.824 bits per heavy atom. The zero-order chi connectivity index (χ0) is 23.6. The number of fused-ring (bicyclic) bond motifs is 6. The van der Waals surface area contributed by atoms with Crippen molar-refractivity contribution in [1.29, 1.82) is 0 Å². The van der Waals surface area contributed by atoms with E-state index < -0.39 is 0 Å². The Morgan fingerprint density at radius 3 is 2.44 bits per heavy atom. The van der Waals surface area contributed by atoms with E-state index in [9.17, 15) is 0 Å². The first kappa shape index (κ1) is 21.8. The van der Waals surface area contributed by atoms with Crippen LogP contribution in [-0.4, -0.2) is 4.98 Å². The maximum Gasteiger partial charge on any atom is 0.0880 e. The normalized spacial score (nSPS) is 12.6. The molecule has 0 aliphatic heterocycles. The summed E-state index contributed by atoms with van der Waals surface area (Å²) < 4.78 is 4.07. The molecule has 3 heteroatoms. The number of hydrogen-bond acceptors (Lipinski definition) is 3. The highest BCUT2D eigenvalue weighted by atomic mass is 32.1. The summed E-state index contributed by atoms with van der Waals surface area (Å²) in [5, 5.41) is 6.72. The Kier molecular flexibility index (Phi) is 5.05. The third-order valence-corrected chi connectivity index (χ3v) is 9.01. The Balaban J connectivity index is 1.63. The molecule has 0 saturated heterocycles. The van der Waals surface area contributed by atoms with Crippen LogP contribution in [-0.2, 0) is 11.8 Å². The highest BCUT2D eigenvalue weighted by Crippen LogP contribution is 2.45. The third-order valence-electron chi connectivity index (χ3n) is 6.64. The van der Waals surface area contributed by atoms with Gasteiger partial charge in [0.15, 0.2) is 0 Å². The quantitative estimate of drug-likeness (QED) is 0.246. The van der Waals surface area contributed by atoms with Crippen molar-refractivity contribution < 1.29 is 0 Å². The summed E-state index contributed by atoms with van der Waals surface area (Å²) in [6, 6.07) is 22.6. The first-order valence-electron chi connectivity index (χ1n) is 12.1. The van der Waals surface area contributed by atoms with Crippen molar-refractivity contribution in [2.75, 3.05) is 0 Å². The van der Waals surface area contributed by atoms with Crippen LogP contribution in [0, 0.1) is 5.92 Å². The van der Waals surface area contributed by atoms with Gasteiger partial charge in [-0.1, -0.05) is 65.0 Å². The minimum Gasteiger partial charge on any atom is -0.255 e. The largest absolute Gasteiger partial charge is 0.255 e. The second kappa shape index (κ2) is 7.90. The number of aromatic nitrogens is 1. The minimum atomic E-state index is 0.0552. The molecule has 0 radical (unpaired) electrons. The molecule has 3 aromatic carbocycles. The molecule has 170 valence electrons. The van der Waals surface area contributed by atoms with Gasteiger partial charge in [0.05, 0.1) is 10.4 Å². The summed E-state index contributed by atoms with van der Waals surface area (Å²) in [4.78, 5) is 6.42. The molecule has 1 nitrogen and oxygen atoms in total. The van der Waals surface area contributed by atoms with Gasteiger partial charge in [-0.2, -0.15) is 0 Å². The molecular weight excluding hydrogens is 450 g/mol. The lowest BCUT2D eigenvalue weighted by atomic mass is 9.82. The molecule has 0 N–H and O–H groups in total. The topological polar surface area (TPSA) is 12.9 Å². The second-order valence-corrected chi connectivity index (χ2v) is 13.0. The predicted octanol–water partition coefficient (Wildman–Crippen LogP) is 9.98. The fraction of sp³-hybridized carbons (Fsp3) is 0.258. The molecule has 3 heterocycles. The van der Waals surface area contributed by atoms with E-state index in [0.717, 1.165) is 12.1 Å². The maximum atomic E-state index is 4.94. The standard InChI is InChI=1S/C31H29NS2/c1-18(2)14-22-16-20-10-11-26-27(29(20)33-22)24-12-13-32-28(30(24)34-26)21-15-19-8-6-7-9-23(19)25(17-21)31(3,4)5/h6-13,15-18H,14H2,1-5H3. The van der Waals surface area contributed by atoms with Crippen LogP contribution in [0.3, 0.4) is 0 Å². The maximum absolute atomic E-state index is 4.94. The monoisotopic (exact) mass is 479 g/mol. The molecular formula is C31H29NS2. The van der Waals surface area contributed by atoms with Gasteiger partial charge in [-0.3, -0.25) is 4.98 Å². The van der Waals surface area contributed by atoms with Gasteiger partial charge in [0, 0.05) is 36.8 Å². The Bertz CT molecular complexity index is 1690. The smallest absolute Gasteiger partial charge is 0.0880 e. The third kappa shape index (κ3) is 3.54. The summed E-state index contributed by atoms with van der Waals surface area (Å²) in [6.07, 6.45) is 3.14. The lowest BCUT2D eigenvalue weighted by molar-refractivity contribution is 0.596. The van der Waals surface area contributed by atoms with E-state index in [2.05, 4.69) is 95.3 Å². The van der Waals surface area contributed by atoms with Gasteiger partial charge in [0.25, 0.3) is 0 Å². The molecule has 0 unspecified atom stereocenters. The molecule has 3 aromatic heterocycles. The van der Waals surface area contributed by atoms with Gasteiger partial charge in [-0.25, -0.2) is 0 Å². The Morgan fingerprint density at radius 2 is 1.65 bits per heavy atom. The lowest BCUT2D eigenvalue weighted by Crippen LogP contribution is -2.12. The van der Waals surface area contributed by atoms with E-state index >= 15 is 0 Å². The van der Waals surface area contributed by atoms with Crippen molar-refractivity contribution in [1.82, 2.24) is 4.98 Å². The number of benzene rings is 3. The van der Waals surface area contributed by atoms with Crippen LogP contribution in [0.15, 0.2) is 66.9 Å². The first-order chi connectivity index (χ1) is 16.3. The molecule has 0 fully saturated rings. The molecule has 0 amide bonds. The fourth-order valence-corrected chi connectivity index (χ4v) is 7.83. The van der Waals surface area contributed by atoms with Crippen molar-refractivity contribution in [2.45, 2.75) is 46.5 Å². The first-order valence-corrected chi connectivity index (χ1v) is 13.7. The average molecular weight is 480 g/mol. The van der Waals surface area contributed by atoms with Crippen molar-refractivity contribution in [2.24, 2.45) is 5.92 Å². The molecule has 0 saturated carbocycles. The number of hydrogen-bond donors (Lipinski definition) is 0. The number of pyridine rings is 1. The molecule has 0 aliphatic carbocycles. The molecule has 6 rings (SSSR count). The number of nitrogens with zero attached hydrogens (tertiary/aromatic N) is 1. The highest BCUT2D eigenvalue weighted by Gasteiger charge is 2.21. The highest BCUT2D eigenvalue weighted by molar-refractivity contribution is 7.28. The Hall–Kier alpha value is -2.75. The number of rotatable bonds is 3. The van der Waals surface area contributed by atoms with Gasteiger partial charge in [-0.05, 0) is 69.8 Å². The van der Waals surface area contributed by atoms with Crippen LogP contribution < -0.4 is 0 Å². The van der Waals surface area contributed by atoms with E-state index in [1.807, 2.05) is 28.9 Å². The zero-order valence-electron chi connectivity index (χ0n) is 20.4. The zero-order valence-corrected chi connectivity index (χ0v) is 22.0. The summed E-state index contributed by atoms with van der Waals surface area (Å²) in [7, 11) is 0. The van der Waals surface area contributed by atoms with Gasteiger partial charge >= 0.3 is 0 Å². The van der Waals surface area contributed by atoms with E-state index in [1.165, 1.54) is 57.0 Å². The molecule has 0 atom stereocenters. The van der Waals surface area contributed by atoms with Crippen LogP contribution in [0.5, 0.6) is 0 Å². The molecule has 0 aliphatic rings. The summed E-state index contributed by atoms with van der Waals surface area (Å²) >= 11 is 3.85. The van der Waals surface area contributed by atoms with E-state index in [-0.39, 0.29) is 5.41 Å². The van der Waals surface area contributed by atoms with Crippen LogP contribution >= 0.6 is 22.7 Å². The van der Waals surface area contributed by atoms with Crippen LogP contribution in [0.4, 0.5) is 0 Å². The van der Waals surface area contributed by atoms with Crippen LogP contribution in [0.2, 0.25) is 0 Å². The van der Waals surface area contributed by atoms with Gasteiger partial charge < -0.3 is 0 Å². The summed E-state index contributed by atoms with van der Waals surface area (Å²) in [6.45, 7) is 11.5. The van der Waals surface area contributed by atoms with Crippen LogP contribution in [0.25, 0.3) is 52.3 Å². The molecule has 34 heavy (non-hydrogen) atoms. The van der Waals surface area contributed by atoms with Gasteiger partial charge in [-0.15, -0.1) is 22.7 Å². The van der Waals surface area contributed by atoms with Crippen molar-refractivity contribution in [3.05, 3.63) is 77.3 Å². The van der Waals surface area contributed by atoms with E-state index in [0.29, 0.717) is 5.92 Å². The molecule has 0 bridgehead atoms. The minimum absolute atomic E-state index is 0.0552. The van der Waals surface area contributed by atoms with Gasteiger partial charge in [0.2, 0.25) is 0 Å². The van der Waals surface area contributed by atoms with Crippen molar-refractivity contribution in [3.63, 3.8) is 0 Å². The SMILES string of the molecule is CC(C)Cc1cc2ccc3sc4c(-c5cc(C(C)(C)C)c6ccccc6c5)nccc4c3c2s1. The average Bonchev–Trinajstić information content (AvgIpc) is 3.37. The van der Waals surface area contributed by atoms with Crippen molar-refractivity contribution in [3.8, 4) is 11.3 Å². The lowest BCUT2D eigenvalue weighted by Gasteiger charge is -2.22. The van der Waals surface area contributed by atoms with Crippen LogP contribution in [0.1, 0.15) is 45.1 Å². The Labute approximate surface area is 209 Å². The predicted molar refractivity (Wildman–Crippen MR) is 153 cm³/mol. The molecule has 0 spiro atoms. The summed E-state index contributed by atoms with van der Waals surface area (Å²) in [5.41, 5.74) is 3.74. The molecule has 6 aromatic rings. The van der Waals surface area contributed by atoms with Crippen molar-refractivity contribution >= 4 is 63.7 Å². The van der Waals surface area contributed by atoms with E-state index in [1.54, 1.807) is 0 Å². The number of thiophene rings is 2. The van der Waals surface area contributed by atoms with E-state index in [4.69, 9.17) is 4.98 Å². The summed E-state index contributed by atoms with van der Waals surface area (Å²) in [5.74, 6) is 0.670. The fourth-order valence-electron chi connectivity index (χ4n) is 5.11.